The summed E-state index contributed by atoms with van der Waals surface area (Å²) in [5.41, 5.74) is 0. The maximum absolute atomic E-state index is 2.32. The molecule has 29 heavy (non-hydrogen) atoms. The van der Waals surface area contributed by atoms with Crippen molar-refractivity contribution in [2.45, 2.75) is 173 Å². The SMILES string of the molecule is C.C.C.CC.CC.CC.CC.CC.CC.CC.CC1CC(C)C1.CC1CC(C)C1. The first kappa shape index (κ1) is 63.0. The van der Waals surface area contributed by atoms with Crippen LogP contribution in [0.4, 0.5) is 0 Å². The Kier molecular flexibility index (Phi) is 173. The molecule has 0 heteroatoms. The molecule has 0 aromatic heterocycles. The Balaban J connectivity index is -0.0000000185. The molecule has 0 radical (unpaired) electrons. The molecule has 2 rings (SSSR count). The van der Waals surface area contributed by atoms with Crippen molar-refractivity contribution in [1.29, 1.82) is 0 Å². The lowest BCUT2D eigenvalue weighted by Crippen LogP contribution is -2.16. The average Bonchev–Trinajstić information content (AvgIpc) is 2.71. The third-order valence-corrected chi connectivity index (χ3v) is 3.22. The highest BCUT2D eigenvalue weighted by Gasteiger charge is 2.20. The molecule has 2 aliphatic rings. The summed E-state index contributed by atoms with van der Waals surface area (Å²) in [5.74, 6) is 4.17. The molecule has 0 bridgehead atoms. The highest BCUT2D eigenvalue weighted by Crippen LogP contribution is 2.32. The normalized spacial score (nSPS) is 20.1. The highest BCUT2D eigenvalue weighted by atomic mass is 14.3. The van der Waals surface area contributed by atoms with E-state index in [1.807, 2.05) is 96.9 Å². The Hall–Kier alpha value is 0. The Morgan fingerprint density at radius 1 is 0.276 bits per heavy atom. The molecule has 0 saturated heterocycles. The van der Waals surface area contributed by atoms with Gasteiger partial charge in [0.05, 0.1) is 0 Å². The minimum absolute atomic E-state index is 0. The minimum atomic E-state index is 0. The first-order chi connectivity index (χ1) is 12.6. The molecule has 0 unspecified atom stereocenters. The van der Waals surface area contributed by atoms with Gasteiger partial charge in [0.15, 0.2) is 0 Å². The summed E-state index contributed by atoms with van der Waals surface area (Å²) < 4.78 is 0. The van der Waals surface area contributed by atoms with Crippen LogP contribution in [-0.4, -0.2) is 0 Å². The largest absolute Gasteiger partial charge is 0.0776 e. The van der Waals surface area contributed by atoms with E-state index in [9.17, 15) is 0 Å². The summed E-state index contributed by atoms with van der Waals surface area (Å²) in [4.78, 5) is 0. The molecule has 0 nitrogen and oxygen atoms in total. The first-order valence-corrected chi connectivity index (χ1v) is 12.6. The van der Waals surface area contributed by atoms with Crippen LogP contribution in [0.1, 0.15) is 173 Å². The van der Waals surface area contributed by atoms with Gasteiger partial charge in [0, 0.05) is 0 Å². The smallest absolute Gasteiger partial charge is 0.0438 e. The quantitative estimate of drug-likeness (QED) is 0.361. The zero-order valence-electron chi connectivity index (χ0n) is 23.1. The van der Waals surface area contributed by atoms with Crippen molar-refractivity contribution in [3.05, 3.63) is 0 Å². The van der Waals surface area contributed by atoms with Crippen molar-refractivity contribution < 1.29 is 0 Å². The van der Waals surface area contributed by atoms with Gasteiger partial charge in [-0.3, -0.25) is 0 Å². The second-order valence-corrected chi connectivity index (χ2v) is 5.36. The number of hydrogen-bond donors (Lipinski definition) is 0. The van der Waals surface area contributed by atoms with Crippen LogP contribution in [0.5, 0.6) is 0 Å². The van der Waals surface area contributed by atoms with Gasteiger partial charge in [-0.15, -0.1) is 0 Å². The van der Waals surface area contributed by atoms with Gasteiger partial charge in [0.1, 0.15) is 0 Å². The van der Waals surface area contributed by atoms with Crippen molar-refractivity contribution in [3.8, 4) is 0 Å². The summed E-state index contributed by atoms with van der Waals surface area (Å²) >= 11 is 0. The Morgan fingerprint density at radius 2 is 0.345 bits per heavy atom. The van der Waals surface area contributed by atoms with Gasteiger partial charge in [-0.05, 0) is 49.4 Å². The van der Waals surface area contributed by atoms with Crippen molar-refractivity contribution in [3.63, 3.8) is 0 Å². The molecule has 2 saturated carbocycles. The van der Waals surface area contributed by atoms with E-state index in [1.165, 1.54) is 25.7 Å². The number of rotatable bonds is 0. The molecule has 0 N–H and O–H groups in total. The topological polar surface area (TPSA) is 0 Å². The first-order valence-electron chi connectivity index (χ1n) is 12.6. The molecule has 2 fully saturated rings. The van der Waals surface area contributed by atoms with Crippen LogP contribution in [0.3, 0.4) is 0 Å². The van der Waals surface area contributed by atoms with Crippen LogP contribution in [0.15, 0.2) is 0 Å². The van der Waals surface area contributed by atoms with Crippen LogP contribution >= 0.6 is 0 Å². The second kappa shape index (κ2) is 79.7. The average molecular weight is 427 g/mol. The molecular weight excluding hydrogens is 348 g/mol. The predicted molar refractivity (Wildman–Crippen MR) is 155 cm³/mol. The van der Waals surface area contributed by atoms with Gasteiger partial charge in [-0.25, -0.2) is 0 Å². The van der Waals surface area contributed by atoms with Gasteiger partial charge >= 0.3 is 0 Å². The molecule has 0 atom stereocenters. The molecule has 194 valence electrons. The third kappa shape index (κ3) is 73.9. The van der Waals surface area contributed by atoms with Gasteiger partial charge in [-0.1, -0.05) is 147 Å². The van der Waals surface area contributed by atoms with E-state index in [1.54, 1.807) is 0 Å². The van der Waals surface area contributed by atoms with E-state index in [0.29, 0.717) is 0 Å². The van der Waals surface area contributed by atoms with Gasteiger partial charge in [-0.2, -0.15) is 0 Å². The van der Waals surface area contributed by atoms with Crippen LogP contribution in [0.25, 0.3) is 0 Å². The lowest BCUT2D eigenvalue weighted by atomic mass is 9.78. The van der Waals surface area contributed by atoms with Gasteiger partial charge in [0.25, 0.3) is 0 Å². The van der Waals surface area contributed by atoms with Crippen LogP contribution in [0, 0.1) is 23.7 Å². The van der Waals surface area contributed by atoms with Crippen LogP contribution in [-0.2, 0) is 0 Å². The summed E-state index contributed by atoms with van der Waals surface area (Å²) in [7, 11) is 0. The Morgan fingerprint density at radius 3 is 0.345 bits per heavy atom. The zero-order chi connectivity index (χ0) is 23.1. The predicted octanol–water partition coefficient (Wildman–Crippen LogP) is 13.2. The molecule has 0 aromatic carbocycles. The standard InChI is InChI=1S/2C6H12.7C2H6.3CH4/c2*1-5-3-6(2)4-5;7*1-2;;;/h2*5-6H,3-4H2,1-2H3;7*1-2H3;3*1H4. The lowest BCUT2D eigenvalue weighted by Gasteiger charge is -2.28. The summed E-state index contributed by atoms with van der Waals surface area (Å²) in [6.45, 7) is 37.3. The monoisotopic (exact) mass is 427 g/mol. The van der Waals surface area contributed by atoms with Crippen molar-refractivity contribution in [2.24, 2.45) is 23.7 Å². The van der Waals surface area contributed by atoms with E-state index < -0.39 is 0 Å². The third-order valence-electron chi connectivity index (χ3n) is 3.22. The Labute approximate surface area is 196 Å². The van der Waals surface area contributed by atoms with Crippen molar-refractivity contribution >= 4 is 0 Å². The van der Waals surface area contributed by atoms with E-state index in [4.69, 9.17) is 0 Å². The maximum atomic E-state index is 2.32. The highest BCUT2D eigenvalue weighted by molar-refractivity contribution is 4.71. The van der Waals surface area contributed by atoms with Gasteiger partial charge < -0.3 is 0 Å². The molecule has 0 aromatic rings. The molecule has 0 heterocycles. The minimum Gasteiger partial charge on any atom is -0.0776 e. The van der Waals surface area contributed by atoms with Crippen LogP contribution < -0.4 is 0 Å². The number of hydrogen-bond acceptors (Lipinski definition) is 0. The van der Waals surface area contributed by atoms with Crippen LogP contribution in [0.2, 0.25) is 0 Å². The van der Waals surface area contributed by atoms with E-state index in [0.717, 1.165) is 23.7 Å². The van der Waals surface area contributed by atoms with E-state index in [2.05, 4.69) is 27.7 Å². The zero-order valence-corrected chi connectivity index (χ0v) is 23.1. The summed E-state index contributed by atoms with van der Waals surface area (Å²) in [6.07, 6.45) is 5.89. The van der Waals surface area contributed by atoms with E-state index in [-0.39, 0.29) is 22.3 Å². The second-order valence-electron chi connectivity index (χ2n) is 5.36. The Bertz CT molecular complexity index is 88.0. The summed E-state index contributed by atoms with van der Waals surface area (Å²) in [6, 6.07) is 0. The maximum Gasteiger partial charge on any atom is -0.0438 e. The fourth-order valence-corrected chi connectivity index (χ4v) is 2.61. The van der Waals surface area contributed by atoms with E-state index >= 15 is 0 Å². The van der Waals surface area contributed by atoms with Gasteiger partial charge in [0.2, 0.25) is 0 Å². The van der Waals surface area contributed by atoms with Crippen molar-refractivity contribution in [2.75, 3.05) is 0 Å². The molecule has 0 amide bonds. The molecule has 2 aliphatic carbocycles. The summed E-state index contributed by atoms with van der Waals surface area (Å²) in [5, 5.41) is 0. The lowest BCUT2D eigenvalue weighted by molar-refractivity contribution is 0.233. The van der Waals surface area contributed by atoms with Crippen molar-refractivity contribution in [1.82, 2.24) is 0 Å². The molecule has 0 aliphatic heterocycles. The molecular formula is C29H78. The molecule has 0 spiro atoms. The fraction of sp³-hybridized carbons (Fsp3) is 1.00. The fourth-order valence-electron chi connectivity index (χ4n) is 2.61.